The maximum Gasteiger partial charge on any atom is 0.342 e. The number of rotatable bonds is 3. The van der Waals surface area contributed by atoms with Gasteiger partial charge in [-0.15, -0.1) is 0 Å². The molecule has 2 aromatic rings. The number of benzene rings is 2. The van der Waals surface area contributed by atoms with Crippen molar-refractivity contribution in [3.05, 3.63) is 63.7 Å². The van der Waals surface area contributed by atoms with Crippen LogP contribution in [0.2, 0.25) is 5.02 Å². The lowest BCUT2D eigenvalue weighted by molar-refractivity contribution is 0.0469. The maximum absolute atomic E-state index is 11.9. The largest absolute Gasteiger partial charge is 0.507 e. The molecule has 0 aliphatic carbocycles. The zero-order valence-corrected chi connectivity index (χ0v) is 12.1. The van der Waals surface area contributed by atoms with E-state index in [1.807, 2.05) is 32.0 Å². The maximum atomic E-state index is 11.9. The van der Waals surface area contributed by atoms with E-state index in [4.69, 9.17) is 16.3 Å². The highest BCUT2D eigenvalue weighted by Crippen LogP contribution is 2.23. The Morgan fingerprint density at radius 3 is 2.70 bits per heavy atom. The summed E-state index contributed by atoms with van der Waals surface area (Å²) in [5, 5.41) is 10.0. The SMILES string of the molecule is Cc1ccc(C)c(COC(=O)c2cc(Cl)ccc2O)c1. The minimum atomic E-state index is -0.592. The van der Waals surface area contributed by atoms with Crippen LogP contribution in [0.25, 0.3) is 0 Å². The molecule has 0 radical (unpaired) electrons. The number of aromatic hydroxyl groups is 1. The van der Waals surface area contributed by atoms with Crippen molar-refractivity contribution in [2.24, 2.45) is 0 Å². The second-order valence-corrected chi connectivity index (χ2v) is 5.10. The molecule has 0 bridgehead atoms. The first-order valence-corrected chi connectivity index (χ1v) is 6.57. The summed E-state index contributed by atoms with van der Waals surface area (Å²) in [4.78, 5) is 11.9. The Kier molecular flexibility index (Phi) is 4.30. The van der Waals surface area contributed by atoms with Crippen LogP contribution < -0.4 is 0 Å². The topological polar surface area (TPSA) is 46.5 Å². The Hall–Kier alpha value is -2.00. The van der Waals surface area contributed by atoms with Crippen molar-refractivity contribution in [2.45, 2.75) is 20.5 Å². The summed E-state index contributed by atoms with van der Waals surface area (Å²) in [5.74, 6) is -0.730. The van der Waals surface area contributed by atoms with E-state index >= 15 is 0 Å². The summed E-state index contributed by atoms with van der Waals surface area (Å²) >= 11 is 5.81. The predicted octanol–water partition coefficient (Wildman–Crippen LogP) is 4.02. The molecule has 0 aliphatic rings. The van der Waals surface area contributed by atoms with Crippen LogP contribution in [0.5, 0.6) is 5.75 Å². The smallest absolute Gasteiger partial charge is 0.342 e. The predicted molar refractivity (Wildman–Crippen MR) is 78.2 cm³/mol. The molecule has 0 unspecified atom stereocenters. The molecule has 3 nitrogen and oxygen atoms in total. The number of hydrogen-bond acceptors (Lipinski definition) is 3. The van der Waals surface area contributed by atoms with Gasteiger partial charge in [0, 0.05) is 5.02 Å². The molecule has 0 aromatic heterocycles. The average Bonchev–Trinajstić information content (AvgIpc) is 2.42. The van der Waals surface area contributed by atoms with Gasteiger partial charge in [-0.25, -0.2) is 4.79 Å². The van der Waals surface area contributed by atoms with Crippen LogP contribution in [0.3, 0.4) is 0 Å². The van der Waals surface area contributed by atoms with Crippen molar-refractivity contribution in [3.8, 4) is 5.75 Å². The Bertz CT molecular complexity index is 650. The highest BCUT2D eigenvalue weighted by atomic mass is 35.5. The fourth-order valence-electron chi connectivity index (χ4n) is 1.85. The number of carbonyl (C=O) groups excluding carboxylic acids is 1. The number of hydrogen-bond donors (Lipinski definition) is 1. The second-order valence-electron chi connectivity index (χ2n) is 4.67. The quantitative estimate of drug-likeness (QED) is 0.869. The van der Waals surface area contributed by atoms with Crippen LogP contribution in [0, 0.1) is 13.8 Å². The average molecular weight is 291 g/mol. The van der Waals surface area contributed by atoms with Crippen molar-refractivity contribution in [1.29, 1.82) is 0 Å². The number of halogens is 1. The van der Waals surface area contributed by atoms with E-state index in [2.05, 4.69) is 0 Å². The molecule has 0 aliphatic heterocycles. The van der Waals surface area contributed by atoms with Gasteiger partial charge >= 0.3 is 5.97 Å². The van der Waals surface area contributed by atoms with E-state index in [-0.39, 0.29) is 17.9 Å². The summed E-state index contributed by atoms with van der Waals surface area (Å²) in [6.07, 6.45) is 0. The van der Waals surface area contributed by atoms with Gasteiger partial charge in [0.15, 0.2) is 0 Å². The van der Waals surface area contributed by atoms with Gasteiger partial charge in [0.2, 0.25) is 0 Å². The summed E-state index contributed by atoms with van der Waals surface area (Å²) in [6.45, 7) is 4.10. The van der Waals surface area contributed by atoms with Crippen LogP contribution in [-0.2, 0) is 11.3 Å². The first-order chi connectivity index (χ1) is 9.47. The number of esters is 1. The lowest BCUT2D eigenvalue weighted by Gasteiger charge is -2.09. The molecule has 20 heavy (non-hydrogen) atoms. The standard InChI is InChI=1S/C16H15ClO3/c1-10-3-4-11(2)12(7-10)9-20-16(19)14-8-13(17)5-6-15(14)18/h3-8,18H,9H2,1-2H3. The van der Waals surface area contributed by atoms with Gasteiger partial charge in [0.1, 0.15) is 17.9 Å². The highest BCUT2D eigenvalue weighted by Gasteiger charge is 2.13. The van der Waals surface area contributed by atoms with E-state index < -0.39 is 5.97 Å². The molecular formula is C16H15ClO3. The van der Waals surface area contributed by atoms with E-state index in [0.717, 1.165) is 16.7 Å². The van der Waals surface area contributed by atoms with Crippen molar-refractivity contribution < 1.29 is 14.6 Å². The number of phenols is 1. The zero-order chi connectivity index (χ0) is 14.7. The van der Waals surface area contributed by atoms with Gasteiger partial charge in [-0.2, -0.15) is 0 Å². The van der Waals surface area contributed by atoms with Crippen LogP contribution in [0.4, 0.5) is 0 Å². The zero-order valence-electron chi connectivity index (χ0n) is 11.3. The summed E-state index contributed by atoms with van der Waals surface area (Å²) in [5.41, 5.74) is 3.17. The first-order valence-electron chi connectivity index (χ1n) is 6.19. The third-order valence-electron chi connectivity index (χ3n) is 3.04. The normalized spacial score (nSPS) is 10.3. The molecule has 2 aromatic carbocycles. The fraction of sp³-hybridized carbons (Fsp3) is 0.188. The van der Waals surface area contributed by atoms with Crippen LogP contribution in [0.1, 0.15) is 27.0 Å². The molecule has 4 heteroatoms. The molecule has 104 valence electrons. The van der Waals surface area contributed by atoms with E-state index in [9.17, 15) is 9.90 Å². The van der Waals surface area contributed by atoms with Gasteiger partial charge in [-0.05, 0) is 43.2 Å². The summed E-state index contributed by atoms with van der Waals surface area (Å²) < 4.78 is 5.23. The van der Waals surface area contributed by atoms with Gasteiger partial charge < -0.3 is 9.84 Å². The first kappa shape index (κ1) is 14.4. The van der Waals surface area contributed by atoms with Crippen molar-refractivity contribution in [2.75, 3.05) is 0 Å². The van der Waals surface area contributed by atoms with E-state index in [1.54, 1.807) is 0 Å². The third-order valence-corrected chi connectivity index (χ3v) is 3.28. The van der Waals surface area contributed by atoms with E-state index in [1.165, 1.54) is 18.2 Å². The number of aryl methyl sites for hydroxylation is 2. The number of phenolic OH excluding ortho intramolecular Hbond substituents is 1. The summed E-state index contributed by atoms with van der Waals surface area (Å²) in [6, 6.07) is 10.2. The Morgan fingerprint density at radius 2 is 1.95 bits per heavy atom. The molecule has 0 atom stereocenters. The van der Waals surface area contributed by atoms with Crippen molar-refractivity contribution in [3.63, 3.8) is 0 Å². The highest BCUT2D eigenvalue weighted by molar-refractivity contribution is 6.31. The fourth-order valence-corrected chi connectivity index (χ4v) is 2.02. The van der Waals surface area contributed by atoms with Gasteiger partial charge in [-0.3, -0.25) is 0 Å². The minimum absolute atomic E-state index is 0.0720. The van der Waals surface area contributed by atoms with Crippen LogP contribution in [-0.4, -0.2) is 11.1 Å². The van der Waals surface area contributed by atoms with Gasteiger partial charge in [-0.1, -0.05) is 35.4 Å². The minimum Gasteiger partial charge on any atom is -0.507 e. The number of carbonyl (C=O) groups is 1. The van der Waals surface area contributed by atoms with Crippen LogP contribution >= 0.6 is 11.6 Å². The Morgan fingerprint density at radius 1 is 1.20 bits per heavy atom. The molecule has 1 N–H and O–H groups in total. The molecule has 0 amide bonds. The second kappa shape index (κ2) is 5.97. The molecule has 0 spiro atoms. The third kappa shape index (κ3) is 3.31. The van der Waals surface area contributed by atoms with Crippen LogP contribution in [0.15, 0.2) is 36.4 Å². The molecule has 0 heterocycles. The van der Waals surface area contributed by atoms with Crippen molar-refractivity contribution >= 4 is 17.6 Å². The molecule has 2 rings (SSSR count). The van der Waals surface area contributed by atoms with E-state index in [0.29, 0.717) is 5.02 Å². The Balaban J connectivity index is 2.12. The molecule has 0 saturated carbocycles. The molecule has 0 fully saturated rings. The monoisotopic (exact) mass is 290 g/mol. The Labute approximate surface area is 122 Å². The summed E-state index contributed by atoms with van der Waals surface area (Å²) in [7, 11) is 0. The lowest BCUT2D eigenvalue weighted by atomic mass is 10.1. The van der Waals surface area contributed by atoms with Crippen molar-refractivity contribution in [1.82, 2.24) is 0 Å². The van der Waals surface area contributed by atoms with Gasteiger partial charge in [0.25, 0.3) is 0 Å². The number of ether oxygens (including phenoxy) is 1. The molecule has 0 saturated heterocycles. The van der Waals surface area contributed by atoms with Gasteiger partial charge in [0.05, 0.1) is 0 Å². The molecular weight excluding hydrogens is 276 g/mol. The lowest BCUT2D eigenvalue weighted by Crippen LogP contribution is -2.06.